The molecule has 84 valence electrons. The van der Waals surface area contributed by atoms with Gasteiger partial charge in [-0.3, -0.25) is 4.79 Å². The lowest BCUT2D eigenvalue weighted by molar-refractivity contribution is -0.0885. The number of aromatic nitrogens is 1. The Morgan fingerprint density at radius 2 is 2.06 bits per heavy atom. The lowest BCUT2D eigenvalue weighted by Crippen LogP contribution is -2.22. The standard InChI is InChI=1S/C10H6F3NO2/c1-5-14-7-4-6(2-3-8(7)16-5)9(15)10(11,12)13/h2-4H,1H3. The monoisotopic (exact) mass is 229 g/mol. The Labute approximate surface area is 87.9 Å². The Morgan fingerprint density at radius 1 is 1.38 bits per heavy atom. The van der Waals surface area contributed by atoms with E-state index < -0.39 is 17.5 Å². The average molecular weight is 229 g/mol. The van der Waals surface area contributed by atoms with Gasteiger partial charge in [0.25, 0.3) is 5.78 Å². The van der Waals surface area contributed by atoms with E-state index in [1.54, 1.807) is 6.92 Å². The fourth-order valence-corrected chi connectivity index (χ4v) is 1.35. The number of halogens is 3. The van der Waals surface area contributed by atoms with E-state index in [0.29, 0.717) is 11.5 Å². The number of Topliss-reactive ketones (excluding diaryl/α,β-unsaturated/α-hetero) is 1. The van der Waals surface area contributed by atoms with Crippen LogP contribution < -0.4 is 0 Å². The van der Waals surface area contributed by atoms with Gasteiger partial charge in [-0.05, 0) is 18.2 Å². The fourth-order valence-electron chi connectivity index (χ4n) is 1.35. The highest BCUT2D eigenvalue weighted by molar-refractivity contribution is 6.02. The number of oxazole rings is 1. The Hall–Kier alpha value is -1.85. The minimum absolute atomic E-state index is 0.243. The largest absolute Gasteiger partial charge is 0.454 e. The minimum Gasteiger partial charge on any atom is -0.441 e. The van der Waals surface area contributed by atoms with Gasteiger partial charge in [-0.25, -0.2) is 4.98 Å². The van der Waals surface area contributed by atoms with Crippen molar-refractivity contribution in [3.8, 4) is 0 Å². The summed E-state index contributed by atoms with van der Waals surface area (Å²) in [5.41, 5.74) is 0.164. The van der Waals surface area contributed by atoms with Gasteiger partial charge in [0.2, 0.25) is 0 Å². The van der Waals surface area contributed by atoms with Gasteiger partial charge in [-0.15, -0.1) is 0 Å². The van der Waals surface area contributed by atoms with Crippen LogP contribution in [0.4, 0.5) is 13.2 Å². The highest BCUT2D eigenvalue weighted by Crippen LogP contribution is 2.24. The molecule has 0 atom stereocenters. The molecule has 0 radical (unpaired) electrons. The highest BCUT2D eigenvalue weighted by atomic mass is 19.4. The summed E-state index contributed by atoms with van der Waals surface area (Å²) in [6.07, 6.45) is -4.87. The first-order chi connectivity index (χ1) is 7.38. The Morgan fingerprint density at radius 3 is 2.69 bits per heavy atom. The molecular weight excluding hydrogens is 223 g/mol. The zero-order valence-corrected chi connectivity index (χ0v) is 8.13. The number of carbonyl (C=O) groups excluding carboxylic acids is 1. The maximum absolute atomic E-state index is 12.1. The van der Waals surface area contributed by atoms with Crippen molar-refractivity contribution in [3.63, 3.8) is 0 Å². The van der Waals surface area contributed by atoms with Gasteiger partial charge < -0.3 is 4.42 Å². The van der Waals surface area contributed by atoms with Crippen LogP contribution in [0.25, 0.3) is 11.1 Å². The van der Waals surface area contributed by atoms with E-state index in [9.17, 15) is 18.0 Å². The molecule has 16 heavy (non-hydrogen) atoms. The van der Waals surface area contributed by atoms with Crippen LogP contribution in [0.5, 0.6) is 0 Å². The number of alkyl halides is 3. The molecule has 0 aliphatic heterocycles. The maximum atomic E-state index is 12.1. The maximum Gasteiger partial charge on any atom is 0.454 e. The lowest BCUT2D eigenvalue weighted by Gasteiger charge is -2.03. The topological polar surface area (TPSA) is 43.1 Å². The quantitative estimate of drug-likeness (QED) is 0.706. The van der Waals surface area contributed by atoms with Gasteiger partial charge >= 0.3 is 6.18 Å². The molecular formula is C10H6F3NO2. The molecule has 0 saturated carbocycles. The number of hydrogen-bond acceptors (Lipinski definition) is 3. The van der Waals surface area contributed by atoms with E-state index in [4.69, 9.17) is 4.42 Å². The number of hydrogen-bond donors (Lipinski definition) is 0. The molecule has 0 spiro atoms. The predicted octanol–water partition coefficient (Wildman–Crippen LogP) is 2.88. The normalized spacial score (nSPS) is 12.0. The Bertz CT molecular complexity index is 557. The van der Waals surface area contributed by atoms with Crippen molar-refractivity contribution in [1.29, 1.82) is 0 Å². The smallest absolute Gasteiger partial charge is 0.441 e. The van der Waals surface area contributed by atoms with Crippen LogP contribution in [0, 0.1) is 6.92 Å². The number of fused-ring (bicyclic) bond motifs is 1. The van der Waals surface area contributed by atoms with E-state index in [1.807, 2.05) is 0 Å². The van der Waals surface area contributed by atoms with Gasteiger partial charge in [0.05, 0.1) is 0 Å². The molecule has 2 rings (SSSR count). The summed E-state index contributed by atoms with van der Waals surface area (Å²) in [5.74, 6) is -1.54. The summed E-state index contributed by atoms with van der Waals surface area (Å²) in [6, 6.07) is 3.44. The molecule has 6 heteroatoms. The summed E-state index contributed by atoms with van der Waals surface area (Å²) >= 11 is 0. The molecule has 0 fully saturated rings. The van der Waals surface area contributed by atoms with Crippen LogP contribution in [-0.2, 0) is 0 Å². The molecule has 1 aromatic carbocycles. The lowest BCUT2D eigenvalue weighted by atomic mass is 10.1. The van der Waals surface area contributed by atoms with Crippen molar-refractivity contribution >= 4 is 16.9 Å². The van der Waals surface area contributed by atoms with Gasteiger partial charge in [-0.1, -0.05) is 0 Å². The highest BCUT2D eigenvalue weighted by Gasteiger charge is 2.39. The first-order valence-electron chi connectivity index (χ1n) is 4.36. The average Bonchev–Trinajstić information content (AvgIpc) is 2.54. The summed E-state index contributed by atoms with van der Waals surface area (Å²) in [4.78, 5) is 14.8. The van der Waals surface area contributed by atoms with Crippen LogP contribution in [0.15, 0.2) is 22.6 Å². The van der Waals surface area contributed by atoms with Crippen molar-refractivity contribution in [1.82, 2.24) is 4.98 Å². The summed E-state index contributed by atoms with van der Waals surface area (Å²) in [6.45, 7) is 1.57. The first-order valence-corrected chi connectivity index (χ1v) is 4.36. The third-order valence-electron chi connectivity index (χ3n) is 2.01. The summed E-state index contributed by atoms with van der Waals surface area (Å²) < 4.78 is 41.5. The molecule has 1 aromatic heterocycles. The van der Waals surface area contributed by atoms with Crippen molar-refractivity contribution in [2.24, 2.45) is 0 Å². The van der Waals surface area contributed by atoms with Gasteiger partial charge in [0.1, 0.15) is 5.52 Å². The molecule has 2 aromatic rings. The van der Waals surface area contributed by atoms with Crippen LogP contribution >= 0.6 is 0 Å². The molecule has 0 saturated heterocycles. The van der Waals surface area contributed by atoms with Crippen LogP contribution in [-0.4, -0.2) is 16.9 Å². The SMILES string of the molecule is Cc1nc2cc(C(=O)C(F)(F)F)ccc2o1. The van der Waals surface area contributed by atoms with Crippen LogP contribution in [0.1, 0.15) is 16.2 Å². The first kappa shape index (κ1) is 10.7. The molecule has 0 amide bonds. The predicted molar refractivity (Wildman–Crippen MR) is 49.1 cm³/mol. The van der Waals surface area contributed by atoms with E-state index >= 15 is 0 Å². The molecule has 0 unspecified atom stereocenters. The molecule has 3 nitrogen and oxygen atoms in total. The number of rotatable bonds is 1. The van der Waals surface area contributed by atoms with E-state index in [2.05, 4.69) is 4.98 Å². The van der Waals surface area contributed by atoms with Crippen molar-refractivity contribution in [2.45, 2.75) is 13.1 Å². The molecule has 0 aliphatic carbocycles. The fraction of sp³-hybridized carbons (Fsp3) is 0.200. The molecule has 0 aliphatic rings. The van der Waals surface area contributed by atoms with Crippen molar-refractivity contribution in [3.05, 3.63) is 29.7 Å². The van der Waals surface area contributed by atoms with E-state index in [-0.39, 0.29) is 5.52 Å². The third-order valence-corrected chi connectivity index (χ3v) is 2.01. The van der Waals surface area contributed by atoms with Gasteiger partial charge in [0, 0.05) is 12.5 Å². The van der Waals surface area contributed by atoms with Crippen LogP contribution in [0.2, 0.25) is 0 Å². The second-order valence-corrected chi connectivity index (χ2v) is 3.24. The second kappa shape index (κ2) is 3.33. The number of carbonyl (C=O) groups is 1. The second-order valence-electron chi connectivity index (χ2n) is 3.24. The van der Waals surface area contributed by atoms with E-state index in [0.717, 1.165) is 12.1 Å². The molecule has 1 heterocycles. The summed E-state index contributed by atoms with van der Waals surface area (Å²) in [7, 11) is 0. The number of benzene rings is 1. The zero-order valence-electron chi connectivity index (χ0n) is 8.13. The molecule has 0 N–H and O–H groups in total. The molecule has 0 bridgehead atoms. The van der Waals surface area contributed by atoms with Crippen molar-refractivity contribution < 1.29 is 22.4 Å². The minimum atomic E-state index is -4.87. The van der Waals surface area contributed by atoms with Gasteiger partial charge in [0.15, 0.2) is 11.5 Å². The zero-order chi connectivity index (χ0) is 11.9. The summed E-state index contributed by atoms with van der Waals surface area (Å²) in [5, 5.41) is 0. The van der Waals surface area contributed by atoms with Gasteiger partial charge in [-0.2, -0.15) is 13.2 Å². The number of aryl methyl sites for hydroxylation is 1. The van der Waals surface area contributed by atoms with E-state index in [1.165, 1.54) is 6.07 Å². The van der Waals surface area contributed by atoms with Crippen molar-refractivity contribution in [2.75, 3.05) is 0 Å². The number of ketones is 1. The Balaban J connectivity index is 2.51. The Kier molecular flexibility index (Phi) is 2.22. The third kappa shape index (κ3) is 1.78. The number of nitrogens with zero attached hydrogens (tertiary/aromatic N) is 1. The van der Waals surface area contributed by atoms with Crippen LogP contribution in [0.3, 0.4) is 0 Å².